The van der Waals surface area contributed by atoms with Crippen molar-refractivity contribution in [3.8, 4) is 0 Å². The molecule has 2 N–H and O–H groups in total. The van der Waals surface area contributed by atoms with E-state index in [4.69, 9.17) is 5.11 Å². The van der Waals surface area contributed by atoms with E-state index in [0.29, 0.717) is 6.42 Å². The topological polar surface area (TPSA) is 52.6 Å². The predicted octanol–water partition coefficient (Wildman–Crippen LogP) is 0.604. The van der Waals surface area contributed by atoms with Crippen molar-refractivity contribution in [2.24, 2.45) is 0 Å². The molecule has 4 heteroatoms. The number of amides is 1. The molecule has 4 nitrogen and oxygen atoms in total. The van der Waals surface area contributed by atoms with Crippen molar-refractivity contribution >= 4 is 5.91 Å². The Morgan fingerprint density at radius 3 is 2.20 bits per heavy atom. The van der Waals surface area contributed by atoms with Gasteiger partial charge in [-0.1, -0.05) is 0 Å². The van der Waals surface area contributed by atoms with Gasteiger partial charge in [0.25, 0.3) is 0 Å². The summed E-state index contributed by atoms with van der Waals surface area (Å²) in [6.45, 7) is 9.46. The van der Waals surface area contributed by atoms with Crippen molar-refractivity contribution in [3.63, 3.8) is 0 Å². The zero-order valence-electron chi connectivity index (χ0n) is 10.3. The van der Waals surface area contributed by atoms with Crippen molar-refractivity contribution < 1.29 is 9.90 Å². The molecule has 0 aromatic rings. The van der Waals surface area contributed by atoms with Crippen molar-refractivity contribution in [1.29, 1.82) is 0 Å². The molecule has 0 aromatic carbocycles. The second kappa shape index (κ2) is 7.65. The van der Waals surface area contributed by atoms with Gasteiger partial charge in [0.05, 0.1) is 6.61 Å². The molecule has 0 aliphatic rings. The minimum absolute atomic E-state index is 0.0458. The molecule has 0 saturated carbocycles. The van der Waals surface area contributed by atoms with Gasteiger partial charge in [-0.3, -0.25) is 4.79 Å². The summed E-state index contributed by atoms with van der Waals surface area (Å²) in [6, 6.07) is 0.157. The number of aliphatic hydroxyl groups excluding tert-OH is 1. The lowest BCUT2D eigenvalue weighted by Crippen LogP contribution is -2.41. The highest BCUT2D eigenvalue weighted by Gasteiger charge is 2.14. The zero-order chi connectivity index (χ0) is 11.8. The van der Waals surface area contributed by atoms with E-state index < -0.39 is 0 Å². The highest BCUT2D eigenvalue weighted by molar-refractivity contribution is 5.76. The third-order valence-electron chi connectivity index (χ3n) is 2.44. The van der Waals surface area contributed by atoms with Crippen molar-refractivity contribution in [2.45, 2.75) is 46.2 Å². The van der Waals surface area contributed by atoms with Crippen LogP contribution in [0.5, 0.6) is 0 Å². The Balaban J connectivity index is 3.94. The van der Waals surface area contributed by atoms with Crippen molar-refractivity contribution in [2.75, 3.05) is 19.7 Å². The first-order valence-corrected chi connectivity index (χ1v) is 5.69. The van der Waals surface area contributed by atoms with Crippen LogP contribution in [0.3, 0.4) is 0 Å². The summed E-state index contributed by atoms with van der Waals surface area (Å²) in [5, 5.41) is 12.0. The molecular weight excluding hydrogens is 192 g/mol. The van der Waals surface area contributed by atoms with Crippen LogP contribution in [0.2, 0.25) is 0 Å². The van der Waals surface area contributed by atoms with E-state index >= 15 is 0 Å². The molecule has 0 saturated heterocycles. The normalized spacial score (nSPS) is 14.7. The number of carbonyl (C=O) groups excluding carboxylic acids is 1. The molecule has 0 rings (SSSR count). The van der Waals surface area contributed by atoms with Crippen LogP contribution in [0.25, 0.3) is 0 Å². The fourth-order valence-electron chi connectivity index (χ4n) is 1.56. The first kappa shape index (κ1) is 14.4. The minimum atomic E-state index is 0.0458. The molecule has 0 radical (unpaired) electrons. The summed E-state index contributed by atoms with van der Waals surface area (Å²) < 4.78 is 0. The molecule has 0 spiro atoms. The zero-order valence-corrected chi connectivity index (χ0v) is 10.3. The Labute approximate surface area is 92.7 Å². The van der Waals surface area contributed by atoms with E-state index in [1.54, 1.807) is 0 Å². The van der Waals surface area contributed by atoms with Gasteiger partial charge in [-0.2, -0.15) is 0 Å². The van der Waals surface area contributed by atoms with Crippen LogP contribution in [0.15, 0.2) is 0 Å². The SMILES string of the molecule is CCN(CC)C(=O)CC(C)N[C@@H](C)CO. The molecule has 0 heterocycles. The molecule has 15 heavy (non-hydrogen) atoms. The van der Waals surface area contributed by atoms with Crippen LogP contribution in [0.4, 0.5) is 0 Å². The molecule has 2 atom stereocenters. The average Bonchev–Trinajstić information content (AvgIpc) is 2.19. The Morgan fingerprint density at radius 2 is 1.80 bits per heavy atom. The van der Waals surface area contributed by atoms with Crippen LogP contribution in [0.1, 0.15) is 34.1 Å². The maximum absolute atomic E-state index is 11.7. The van der Waals surface area contributed by atoms with Crippen LogP contribution in [0, 0.1) is 0 Å². The summed E-state index contributed by atoms with van der Waals surface area (Å²) in [7, 11) is 0. The quantitative estimate of drug-likeness (QED) is 0.655. The van der Waals surface area contributed by atoms with Crippen LogP contribution >= 0.6 is 0 Å². The van der Waals surface area contributed by atoms with Gasteiger partial charge in [-0.25, -0.2) is 0 Å². The van der Waals surface area contributed by atoms with Gasteiger partial charge in [-0.15, -0.1) is 0 Å². The lowest BCUT2D eigenvalue weighted by molar-refractivity contribution is -0.131. The Hall–Kier alpha value is -0.610. The monoisotopic (exact) mass is 216 g/mol. The second-order valence-electron chi connectivity index (χ2n) is 3.92. The van der Waals surface area contributed by atoms with E-state index in [1.807, 2.05) is 32.6 Å². The highest BCUT2D eigenvalue weighted by atomic mass is 16.3. The highest BCUT2D eigenvalue weighted by Crippen LogP contribution is 1.99. The third kappa shape index (κ3) is 5.74. The summed E-state index contributed by atoms with van der Waals surface area (Å²) in [5.74, 6) is 0.171. The minimum Gasteiger partial charge on any atom is -0.395 e. The number of hydrogen-bond acceptors (Lipinski definition) is 3. The molecule has 0 aliphatic heterocycles. The van der Waals surface area contributed by atoms with Gasteiger partial charge in [0.1, 0.15) is 0 Å². The average molecular weight is 216 g/mol. The molecule has 0 fully saturated rings. The first-order chi connectivity index (χ1) is 7.04. The van der Waals surface area contributed by atoms with Gasteiger partial charge >= 0.3 is 0 Å². The fraction of sp³-hybridized carbons (Fsp3) is 0.909. The lowest BCUT2D eigenvalue weighted by Gasteiger charge is -2.23. The number of carbonyl (C=O) groups is 1. The van der Waals surface area contributed by atoms with Gasteiger partial charge in [-0.05, 0) is 27.7 Å². The number of aliphatic hydroxyl groups is 1. The van der Waals surface area contributed by atoms with E-state index in [9.17, 15) is 4.79 Å². The molecule has 0 aliphatic carbocycles. The number of rotatable bonds is 7. The summed E-state index contributed by atoms with van der Waals surface area (Å²) in [6.07, 6.45) is 0.492. The van der Waals surface area contributed by atoms with E-state index in [2.05, 4.69) is 5.32 Å². The summed E-state index contributed by atoms with van der Waals surface area (Å²) in [4.78, 5) is 13.5. The second-order valence-corrected chi connectivity index (χ2v) is 3.92. The standard InChI is InChI=1S/C11H24N2O2/c1-5-13(6-2)11(15)7-9(3)12-10(4)8-14/h9-10,12,14H,5-8H2,1-4H3/t9?,10-/m0/s1. The van der Waals surface area contributed by atoms with Gasteiger partial charge < -0.3 is 15.3 Å². The van der Waals surface area contributed by atoms with Crippen LogP contribution in [-0.4, -0.2) is 47.7 Å². The Morgan fingerprint density at radius 1 is 1.27 bits per heavy atom. The Bertz CT molecular complexity index is 181. The van der Waals surface area contributed by atoms with E-state index in [1.165, 1.54) is 0 Å². The van der Waals surface area contributed by atoms with Crippen molar-refractivity contribution in [3.05, 3.63) is 0 Å². The van der Waals surface area contributed by atoms with Crippen LogP contribution < -0.4 is 5.32 Å². The van der Waals surface area contributed by atoms with Gasteiger partial charge in [0, 0.05) is 31.6 Å². The number of nitrogens with zero attached hydrogens (tertiary/aromatic N) is 1. The lowest BCUT2D eigenvalue weighted by atomic mass is 10.2. The number of hydrogen-bond donors (Lipinski definition) is 2. The molecule has 0 bridgehead atoms. The summed E-state index contributed by atoms with van der Waals surface area (Å²) in [5.41, 5.74) is 0. The Kier molecular flexibility index (Phi) is 7.34. The molecular formula is C11H24N2O2. The largest absolute Gasteiger partial charge is 0.395 e. The van der Waals surface area contributed by atoms with E-state index in [-0.39, 0.29) is 24.6 Å². The first-order valence-electron chi connectivity index (χ1n) is 5.69. The van der Waals surface area contributed by atoms with Crippen LogP contribution in [-0.2, 0) is 4.79 Å². The third-order valence-corrected chi connectivity index (χ3v) is 2.44. The fourth-order valence-corrected chi connectivity index (χ4v) is 1.56. The molecule has 0 aromatic heterocycles. The molecule has 90 valence electrons. The molecule has 1 unspecified atom stereocenters. The maximum atomic E-state index is 11.7. The smallest absolute Gasteiger partial charge is 0.224 e. The van der Waals surface area contributed by atoms with Gasteiger partial charge in [0.15, 0.2) is 0 Å². The van der Waals surface area contributed by atoms with Gasteiger partial charge in [0.2, 0.25) is 5.91 Å². The summed E-state index contributed by atoms with van der Waals surface area (Å²) >= 11 is 0. The van der Waals surface area contributed by atoms with Crippen molar-refractivity contribution in [1.82, 2.24) is 10.2 Å². The number of nitrogens with one attached hydrogen (secondary N) is 1. The van der Waals surface area contributed by atoms with E-state index in [0.717, 1.165) is 13.1 Å². The maximum Gasteiger partial charge on any atom is 0.224 e. The predicted molar refractivity (Wildman–Crippen MR) is 61.7 cm³/mol. The molecule has 1 amide bonds.